The molecule has 0 bridgehead atoms. The number of hydrazone groups is 1. The smallest absolute Gasteiger partial charge is 0.240 e. The molecule has 5 nitrogen and oxygen atoms in total. The van der Waals surface area contributed by atoms with Crippen LogP contribution in [0, 0.1) is 5.92 Å². The molecule has 2 amide bonds. The number of carbonyl (C=O) groups excluding carboxylic acids is 2. The topological polar surface area (TPSA) is 61.8 Å². The Labute approximate surface area is 114 Å². The molecule has 1 N–H and O–H groups in total. The summed E-state index contributed by atoms with van der Waals surface area (Å²) in [6.45, 7) is 4.04. The lowest BCUT2D eigenvalue weighted by molar-refractivity contribution is -0.131. The minimum absolute atomic E-state index is 0.0309. The molecule has 0 saturated carbocycles. The van der Waals surface area contributed by atoms with E-state index in [4.69, 9.17) is 0 Å². The van der Waals surface area contributed by atoms with Crippen LogP contribution in [0.5, 0.6) is 0 Å². The first-order chi connectivity index (χ1) is 9.15. The van der Waals surface area contributed by atoms with Crippen molar-refractivity contribution in [2.45, 2.75) is 51.9 Å². The predicted octanol–water partition coefficient (Wildman–Crippen LogP) is 1.68. The number of nitrogens with zero attached hydrogens (tertiary/aromatic N) is 2. The van der Waals surface area contributed by atoms with Crippen LogP contribution in [-0.2, 0) is 9.59 Å². The molecule has 0 radical (unpaired) electrons. The molecule has 0 aromatic carbocycles. The Kier molecular flexibility index (Phi) is 4.93. The third-order valence-corrected chi connectivity index (χ3v) is 3.98. The second-order valence-electron chi connectivity index (χ2n) is 5.63. The zero-order valence-electron chi connectivity index (χ0n) is 11.7. The first-order valence-electron chi connectivity index (χ1n) is 7.27. The maximum Gasteiger partial charge on any atom is 0.240 e. The molecule has 0 spiro atoms. The average Bonchev–Trinajstić information content (AvgIpc) is 2.63. The molecule has 0 aliphatic carbocycles. The Morgan fingerprint density at radius 3 is 2.95 bits per heavy atom. The molecule has 106 valence electrons. The van der Waals surface area contributed by atoms with Crippen molar-refractivity contribution >= 4 is 17.5 Å². The van der Waals surface area contributed by atoms with Crippen LogP contribution in [0.25, 0.3) is 0 Å². The van der Waals surface area contributed by atoms with E-state index in [1.54, 1.807) is 0 Å². The van der Waals surface area contributed by atoms with Crippen molar-refractivity contribution in [3.05, 3.63) is 0 Å². The van der Waals surface area contributed by atoms with Crippen molar-refractivity contribution < 1.29 is 9.59 Å². The number of amides is 2. The molecule has 5 heteroatoms. The van der Waals surface area contributed by atoms with Crippen LogP contribution in [-0.4, -0.2) is 35.5 Å². The van der Waals surface area contributed by atoms with E-state index < -0.39 is 0 Å². The average molecular weight is 265 g/mol. The van der Waals surface area contributed by atoms with Gasteiger partial charge < -0.3 is 4.90 Å². The van der Waals surface area contributed by atoms with Gasteiger partial charge in [-0.05, 0) is 38.0 Å². The Morgan fingerprint density at radius 1 is 1.37 bits per heavy atom. The van der Waals surface area contributed by atoms with Crippen LogP contribution in [0.4, 0.5) is 0 Å². The number of rotatable bonds is 3. The fourth-order valence-electron chi connectivity index (χ4n) is 2.61. The summed E-state index contributed by atoms with van der Waals surface area (Å²) >= 11 is 0. The van der Waals surface area contributed by atoms with Gasteiger partial charge in [-0.25, -0.2) is 5.43 Å². The number of likely N-dealkylation sites (tertiary alicyclic amines) is 1. The fourth-order valence-corrected chi connectivity index (χ4v) is 2.61. The second-order valence-corrected chi connectivity index (χ2v) is 5.63. The van der Waals surface area contributed by atoms with E-state index in [9.17, 15) is 9.59 Å². The van der Waals surface area contributed by atoms with Gasteiger partial charge in [-0.1, -0.05) is 6.92 Å². The molecule has 2 aliphatic heterocycles. The number of hydrogen-bond acceptors (Lipinski definition) is 3. The second kappa shape index (κ2) is 6.68. The third-order valence-electron chi connectivity index (χ3n) is 3.98. The van der Waals surface area contributed by atoms with Gasteiger partial charge in [-0.2, -0.15) is 5.10 Å². The molecule has 19 heavy (non-hydrogen) atoms. The molecule has 1 atom stereocenters. The van der Waals surface area contributed by atoms with Crippen LogP contribution in [0.15, 0.2) is 5.10 Å². The predicted molar refractivity (Wildman–Crippen MR) is 73.6 cm³/mol. The summed E-state index contributed by atoms with van der Waals surface area (Å²) in [5.41, 5.74) is 3.42. The van der Waals surface area contributed by atoms with Gasteiger partial charge in [-0.3, -0.25) is 9.59 Å². The SMILES string of the molecule is CC1CCCN(C(=O)CCC2=NNC(=O)CC2)CC1. The zero-order chi connectivity index (χ0) is 13.7. The fraction of sp³-hybridized carbons (Fsp3) is 0.786. The van der Waals surface area contributed by atoms with Crippen molar-refractivity contribution in [1.29, 1.82) is 0 Å². The first kappa shape index (κ1) is 14.0. The van der Waals surface area contributed by atoms with Gasteiger partial charge in [0.2, 0.25) is 11.8 Å². The van der Waals surface area contributed by atoms with E-state index in [1.807, 2.05) is 4.90 Å². The van der Waals surface area contributed by atoms with E-state index in [0.29, 0.717) is 25.7 Å². The third kappa shape index (κ3) is 4.33. The van der Waals surface area contributed by atoms with Gasteiger partial charge in [-0.15, -0.1) is 0 Å². The molecule has 0 aromatic heterocycles. The minimum Gasteiger partial charge on any atom is -0.343 e. The summed E-state index contributed by atoms with van der Waals surface area (Å²) in [5, 5.41) is 4.00. The molecular weight excluding hydrogens is 242 g/mol. The summed E-state index contributed by atoms with van der Waals surface area (Å²) in [4.78, 5) is 25.1. The van der Waals surface area contributed by atoms with Crippen molar-refractivity contribution in [1.82, 2.24) is 10.3 Å². The van der Waals surface area contributed by atoms with Crippen LogP contribution in [0.3, 0.4) is 0 Å². The highest BCUT2D eigenvalue weighted by molar-refractivity contribution is 5.94. The van der Waals surface area contributed by atoms with Gasteiger partial charge in [0.05, 0.1) is 0 Å². The molecule has 1 fully saturated rings. The summed E-state index contributed by atoms with van der Waals surface area (Å²) in [6, 6.07) is 0. The van der Waals surface area contributed by atoms with Crippen LogP contribution >= 0.6 is 0 Å². The molecular formula is C14H23N3O2. The quantitative estimate of drug-likeness (QED) is 0.844. The van der Waals surface area contributed by atoms with Gasteiger partial charge in [0.15, 0.2) is 0 Å². The van der Waals surface area contributed by atoms with E-state index >= 15 is 0 Å². The van der Waals surface area contributed by atoms with Gasteiger partial charge in [0, 0.05) is 31.6 Å². The summed E-state index contributed by atoms with van der Waals surface area (Å²) in [5.74, 6) is 0.931. The Morgan fingerprint density at radius 2 is 2.21 bits per heavy atom. The lowest BCUT2D eigenvalue weighted by Gasteiger charge is -2.21. The van der Waals surface area contributed by atoms with Crippen molar-refractivity contribution in [2.75, 3.05) is 13.1 Å². The van der Waals surface area contributed by atoms with Gasteiger partial charge >= 0.3 is 0 Å². The van der Waals surface area contributed by atoms with Crippen molar-refractivity contribution in [3.8, 4) is 0 Å². The molecule has 1 unspecified atom stereocenters. The molecule has 2 heterocycles. The van der Waals surface area contributed by atoms with E-state index in [1.165, 1.54) is 6.42 Å². The monoisotopic (exact) mass is 265 g/mol. The number of carbonyl (C=O) groups is 2. The molecule has 1 saturated heterocycles. The molecule has 2 aliphatic rings. The lowest BCUT2D eigenvalue weighted by atomic mass is 10.0. The van der Waals surface area contributed by atoms with Crippen molar-refractivity contribution in [2.24, 2.45) is 11.0 Å². The van der Waals surface area contributed by atoms with Crippen LogP contribution in [0.1, 0.15) is 51.9 Å². The van der Waals surface area contributed by atoms with Gasteiger partial charge in [0.25, 0.3) is 0 Å². The number of nitrogens with one attached hydrogen (secondary N) is 1. The highest BCUT2D eigenvalue weighted by Gasteiger charge is 2.19. The van der Waals surface area contributed by atoms with E-state index in [2.05, 4.69) is 17.5 Å². The largest absolute Gasteiger partial charge is 0.343 e. The summed E-state index contributed by atoms with van der Waals surface area (Å²) in [6.07, 6.45) is 5.83. The Hall–Kier alpha value is -1.39. The minimum atomic E-state index is -0.0309. The first-order valence-corrected chi connectivity index (χ1v) is 7.27. The van der Waals surface area contributed by atoms with Crippen LogP contribution in [0.2, 0.25) is 0 Å². The lowest BCUT2D eigenvalue weighted by Crippen LogP contribution is -2.32. The molecule has 2 rings (SSSR count). The molecule has 0 aromatic rings. The Bertz CT molecular complexity index is 379. The zero-order valence-corrected chi connectivity index (χ0v) is 11.7. The van der Waals surface area contributed by atoms with Crippen LogP contribution < -0.4 is 5.43 Å². The maximum absolute atomic E-state index is 12.1. The highest BCUT2D eigenvalue weighted by Crippen LogP contribution is 2.17. The highest BCUT2D eigenvalue weighted by atomic mass is 16.2. The van der Waals surface area contributed by atoms with E-state index in [-0.39, 0.29) is 11.8 Å². The maximum atomic E-state index is 12.1. The van der Waals surface area contributed by atoms with Gasteiger partial charge in [0.1, 0.15) is 0 Å². The number of hydrogen-bond donors (Lipinski definition) is 1. The normalized spacial score (nSPS) is 24.5. The Balaban J connectivity index is 1.76. The standard InChI is InChI=1S/C14H23N3O2/c1-11-3-2-9-17(10-8-11)14(19)7-5-12-4-6-13(18)16-15-12/h11H,2-10H2,1H3,(H,16,18). The van der Waals surface area contributed by atoms with Crippen molar-refractivity contribution in [3.63, 3.8) is 0 Å². The van der Waals surface area contributed by atoms with E-state index in [0.717, 1.165) is 37.6 Å². The summed E-state index contributed by atoms with van der Waals surface area (Å²) < 4.78 is 0. The summed E-state index contributed by atoms with van der Waals surface area (Å²) in [7, 11) is 0.